The van der Waals surface area contributed by atoms with Gasteiger partial charge < -0.3 is 10.4 Å². The Morgan fingerprint density at radius 1 is 1.50 bits per heavy atom. The van der Waals surface area contributed by atoms with E-state index in [1.165, 1.54) is 11.1 Å². The average Bonchev–Trinajstić information content (AvgIpc) is 2.03. The lowest BCUT2D eigenvalue weighted by Gasteiger charge is -2.06. The number of aryl methyl sites for hydroxylation is 1. The Balaban J connectivity index is 2.63. The molecule has 1 aromatic rings. The van der Waals surface area contributed by atoms with Gasteiger partial charge in [-0.15, -0.1) is 0 Å². The Bertz CT molecular complexity index is 281. The quantitative estimate of drug-likeness (QED) is 0.669. The van der Waals surface area contributed by atoms with Crippen LogP contribution >= 0.6 is 0 Å². The van der Waals surface area contributed by atoms with E-state index in [0.29, 0.717) is 6.54 Å². The normalized spacial score (nSPS) is 9.42. The summed E-state index contributed by atoms with van der Waals surface area (Å²) in [5.41, 5.74) is 2.39. The monoisotopic (exact) mass is 163 g/mol. The van der Waals surface area contributed by atoms with Crippen LogP contribution in [0.4, 0.5) is 0 Å². The molecule has 2 heteroatoms. The van der Waals surface area contributed by atoms with Gasteiger partial charge in [-0.25, -0.2) is 0 Å². The predicted molar refractivity (Wildman–Crippen MR) is 49.8 cm³/mol. The molecular weight excluding hydrogens is 150 g/mol. The number of hydrogen-bond donors (Lipinski definition) is 2. The van der Waals surface area contributed by atoms with E-state index >= 15 is 0 Å². The maximum absolute atomic E-state index is 8.80. The molecule has 2 nitrogen and oxygen atoms in total. The number of aliphatic hydroxyl groups excluding tert-OH is 1. The molecule has 0 radical (unpaired) electrons. The van der Waals surface area contributed by atoms with E-state index in [-0.39, 0.29) is 5.88 Å². The lowest BCUT2D eigenvalue weighted by Crippen LogP contribution is -2.11. The summed E-state index contributed by atoms with van der Waals surface area (Å²) in [7, 11) is 0. The van der Waals surface area contributed by atoms with E-state index in [9.17, 15) is 0 Å². The van der Waals surface area contributed by atoms with E-state index in [2.05, 4.69) is 11.9 Å². The van der Waals surface area contributed by atoms with Gasteiger partial charge in [-0.05, 0) is 24.6 Å². The van der Waals surface area contributed by atoms with Gasteiger partial charge in [0.1, 0.15) is 0 Å². The van der Waals surface area contributed by atoms with Crippen LogP contribution in [0.15, 0.2) is 36.7 Å². The smallest absolute Gasteiger partial charge is 0.176 e. The molecule has 0 aliphatic rings. The predicted octanol–water partition coefficient (Wildman–Crippen LogP) is 2.11. The van der Waals surface area contributed by atoms with Crippen molar-refractivity contribution in [3.63, 3.8) is 0 Å². The molecule has 0 amide bonds. The molecule has 0 fully saturated rings. The minimum atomic E-state index is 0.0123. The molecule has 0 spiro atoms. The first-order chi connectivity index (χ1) is 5.70. The maximum atomic E-state index is 8.80. The number of hydrogen-bond acceptors (Lipinski definition) is 2. The molecule has 0 saturated heterocycles. The van der Waals surface area contributed by atoms with Gasteiger partial charge in [0, 0.05) is 6.54 Å². The Hall–Kier alpha value is -1.44. The van der Waals surface area contributed by atoms with Crippen molar-refractivity contribution in [1.29, 1.82) is 0 Å². The van der Waals surface area contributed by atoms with Gasteiger partial charge in [-0.2, -0.15) is 0 Å². The molecule has 0 aliphatic carbocycles. The van der Waals surface area contributed by atoms with E-state index in [4.69, 9.17) is 5.11 Å². The van der Waals surface area contributed by atoms with E-state index in [1.54, 1.807) is 0 Å². The molecule has 0 heterocycles. The summed E-state index contributed by atoms with van der Waals surface area (Å²) in [6, 6.07) is 8.03. The Morgan fingerprint density at radius 2 is 2.17 bits per heavy atom. The molecule has 1 aromatic carbocycles. The van der Waals surface area contributed by atoms with Crippen molar-refractivity contribution in [1.82, 2.24) is 5.32 Å². The zero-order valence-electron chi connectivity index (χ0n) is 7.17. The summed E-state index contributed by atoms with van der Waals surface area (Å²) in [5.74, 6) is 0.0123. The van der Waals surface area contributed by atoms with E-state index < -0.39 is 0 Å². The van der Waals surface area contributed by atoms with Crippen molar-refractivity contribution in [3.8, 4) is 0 Å². The maximum Gasteiger partial charge on any atom is 0.176 e. The van der Waals surface area contributed by atoms with Crippen molar-refractivity contribution < 1.29 is 5.11 Å². The highest BCUT2D eigenvalue weighted by molar-refractivity contribution is 5.25. The third kappa shape index (κ3) is 2.31. The first kappa shape index (κ1) is 8.65. The zero-order valence-corrected chi connectivity index (χ0v) is 7.17. The van der Waals surface area contributed by atoms with Crippen LogP contribution in [0, 0.1) is 6.92 Å². The Labute approximate surface area is 72.5 Å². The average molecular weight is 163 g/mol. The summed E-state index contributed by atoms with van der Waals surface area (Å²) in [4.78, 5) is 0. The van der Waals surface area contributed by atoms with Crippen LogP contribution in [-0.2, 0) is 6.54 Å². The number of rotatable bonds is 3. The lowest BCUT2D eigenvalue weighted by molar-refractivity contribution is 0.365. The second-order valence-corrected chi connectivity index (χ2v) is 2.73. The lowest BCUT2D eigenvalue weighted by atomic mass is 10.1. The van der Waals surface area contributed by atoms with Gasteiger partial charge in [-0.3, -0.25) is 0 Å². The minimum Gasteiger partial charge on any atom is -0.495 e. The molecule has 0 saturated carbocycles. The second kappa shape index (κ2) is 3.81. The van der Waals surface area contributed by atoms with Crippen LogP contribution in [0.5, 0.6) is 0 Å². The number of aliphatic hydroxyl groups is 1. The van der Waals surface area contributed by atoms with Crippen molar-refractivity contribution in [2.24, 2.45) is 0 Å². The number of nitrogens with one attached hydrogen (secondary N) is 1. The SMILES string of the molecule is C=C(O)NCc1ccccc1C. The fraction of sp³-hybridized carbons (Fsp3) is 0.200. The van der Waals surface area contributed by atoms with Crippen molar-refractivity contribution in [3.05, 3.63) is 47.9 Å². The third-order valence-electron chi connectivity index (χ3n) is 1.74. The molecule has 12 heavy (non-hydrogen) atoms. The highest BCUT2D eigenvalue weighted by Crippen LogP contribution is 2.06. The van der Waals surface area contributed by atoms with Gasteiger partial charge in [0.2, 0.25) is 0 Å². The van der Waals surface area contributed by atoms with Crippen LogP contribution < -0.4 is 5.32 Å². The third-order valence-corrected chi connectivity index (χ3v) is 1.74. The summed E-state index contributed by atoms with van der Waals surface area (Å²) in [6.07, 6.45) is 0. The molecule has 0 bridgehead atoms. The van der Waals surface area contributed by atoms with Gasteiger partial charge >= 0.3 is 0 Å². The van der Waals surface area contributed by atoms with Gasteiger partial charge in [0.05, 0.1) is 0 Å². The van der Waals surface area contributed by atoms with Crippen LogP contribution in [0.3, 0.4) is 0 Å². The van der Waals surface area contributed by atoms with E-state index in [1.807, 2.05) is 31.2 Å². The van der Waals surface area contributed by atoms with Crippen LogP contribution in [0.25, 0.3) is 0 Å². The zero-order chi connectivity index (χ0) is 8.97. The highest BCUT2D eigenvalue weighted by atomic mass is 16.3. The summed E-state index contributed by atoms with van der Waals surface area (Å²) < 4.78 is 0. The first-order valence-corrected chi connectivity index (χ1v) is 3.86. The molecular formula is C10H13NO. The van der Waals surface area contributed by atoms with Gasteiger partial charge in [-0.1, -0.05) is 24.3 Å². The van der Waals surface area contributed by atoms with E-state index in [0.717, 1.165) is 0 Å². The largest absolute Gasteiger partial charge is 0.495 e. The van der Waals surface area contributed by atoms with Crippen LogP contribution in [0.2, 0.25) is 0 Å². The standard InChI is InChI=1S/C10H13NO/c1-8-5-3-4-6-10(8)7-11-9(2)12/h3-6,11-12H,2,7H2,1H3. The van der Waals surface area contributed by atoms with Crippen molar-refractivity contribution >= 4 is 0 Å². The Morgan fingerprint density at radius 3 is 2.75 bits per heavy atom. The first-order valence-electron chi connectivity index (χ1n) is 3.86. The second-order valence-electron chi connectivity index (χ2n) is 2.73. The summed E-state index contributed by atoms with van der Waals surface area (Å²) >= 11 is 0. The molecule has 0 aromatic heterocycles. The fourth-order valence-electron chi connectivity index (χ4n) is 1.01. The van der Waals surface area contributed by atoms with Crippen molar-refractivity contribution in [2.45, 2.75) is 13.5 Å². The molecule has 64 valence electrons. The highest BCUT2D eigenvalue weighted by Gasteiger charge is 1.95. The Kier molecular flexibility index (Phi) is 2.75. The van der Waals surface area contributed by atoms with Gasteiger partial charge in [0.15, 0.2) is 5.88 Å². The molecule has 0 atom stereocenters. The van der Waals surface area contributed by atoms with Crippen LogP contribution in [0.1, 0.15) is 11.1 Å². The molecule has 0 aliphatic heterocycles. The molecule has 2 N–H and O–H groups in total. The minimum absolute atomic E-state index is 0.0123. The molecule has 1 rings (SSSR count). The fourth-order valence-corrected chi connectivity index (χ4v) is 1.01. The summed E-state index contributed by atoms with van der Waals surface area (Å²) in [5, 5.41) is 11.6. The number of benzene rings is 1. The topological polar surface area (TPSA) is 32.3 Å². The van der Waals surface area contributed by atoms with Crippen LogP contribution in [-0.4, -0.2) is 5.11 Å². The summed E-state index contributed by atoms with van der Waals surface area (Å²) in [6.45, 7) is 6.01. The van der Waals surface area contributed by atoms with Gasteiger partial charge in [0.25, 0.3) is 0 Å². The molecule has 0 unspecified atom stereocenters. The van der Waals surface area contributed by atoms with Crippen molar-refractivity contribution in [2.75, 3.05) is 0 Å².